The number of amides is 2. The highest BCUT2D eigenvalue weighted by Gasteiger charge is 2.24. The number of nitrogens with zero attached hydrogens (tertiary/aromatic N) is 2. The molecule has 138 valence electrons. The van der Waals surface area contributed by atoms with Gasteiger partial charge in [-0.3, -0.25) is 9.59 Å². The molecular weight excluding hydrogens is 316 g/mol. The summed E-state index contributed by atoms with van der Waals surface area (Å²) in [6, 6.07) is 4.09. The van der Waals surface area contributed by atoms with Gasteiger partial charge in [-0.15, -0.1) is 0 Å². The van der Waals surface area contributed by atoms with E-state index in [-0.39, 0.29) is 11.8 Å². The van der Waals surface area contributed by atoms with Gasteiger partial charge >= 0.3 is 0 Å². The second-order valence-corrected chi connectivity index (χ2v) is 6.82. The number of piperazine rings is 1. The molecule has 2 amide bonds. The molecule has 0 atom stereocenters. The predicted molar refractivity (Wildman–Crippen MR) is 98.9 cm³/mol. The first-order chi connectivity index (χ1) is 12.0. The van der Waals surface area contributed by atoms with Crippen LogP contribution >= 0.6 is 0 Å². The normalized spacial score (nSPS) is 14.6. The topological polar surface area (TPSA) is 49.9 Å². The van der Waals surface area contributed by atoms with Crippen molar-refractivity contribution in [1.82, 2.24) is 9.80 Å². The van der Waals surface area contributed by atoms with Crippen LogP contribution in [-0.4, -0.2) is 54.9 Å². The number of rotatable bonds is 6. The summed E-state index contributed by atoms with van der Waals surface area (Å²) in [5, 5.41) is 0. The van der Waals surface area contributed by atoms with E-state index in [1.807, 2.05) is 29.7 Å². The summed E-state index contributed by atoms with van der Waals surface area (Å²) in [5.74, 6) is 1.11. The van der Waals surface area contributed by atoms with Gasteiger partial charge in [0, 0.05) is 38.2 Å². The highest BCUT2D eigenvalue weighted by atomic mass is 16.5. The number of carbonyl (C=O) groups excluding carboxylic acids is 2. The first kappa shape index (κ1) is 19.3. The van der Waals surface area contributed by atoms with Gasteiger partial charge in [-0.05, 0) is 25.8 Å². The molecule has 0 aromatic heterocycles. The Morgan fingerprint density at radius 1 is 1.04 bits per heavy atom. The van der Waals surface area contributed by atoms with Gasteiger partial charge < -0.3 is 14.5 Å². The minimum atomic E-state index is 0.101. The van der Waals surface area contributed by atoms with Crippen LogP contribution in [0.1, 0.15) is 42.9 Å². The molecule has 0 radical (unpaired) electrons. The zero-order chi connectivity index (χ0) is 18.4. The Morgan fingerprint density at radius 2 is 1.64 bits per heavy atom. The SMILES string of the molecule is CCCCC(=O)N1CCN(C(=O)Cc2cc(C)cc(C)c2OC)CC1. The van der Waals surface area contributed by atoms with Crippen LogP contribution in [0.25, 0.3) is 0 Å². The molecular formula is C20H30N2O3. The van der Waals surface area contributed by atoms with E-state index in [2.05, 4.69) is 13.0 Å². The molecule has 1 aliphatic heterocycles. The zero-order valence-corrected chi connectivity index (χ0v) is 15.9. The number of methoxy groups -OCH3 is 1. The van der Waals surface area contributed by atoms with Gasteiger partial charge in [0.2, 0.25) is 11.8 Å². The van der Waals surface area contributed by atoms with Gasteiger partial charge in [0.25, 0.3) is 0 Å². The second-order valence-electron chi connectivity index (χ2n) is 6.82. The Kier molecular flexibility index (Phi) is 6.85. The molecule has 1 heterocycles. The molecule has 0 saturated carbocycles. The van der Waals surface area contributed by atoms with Gasteiger partial charge in [-0.1, -0.05) is 31.0 Å². The lowest BCUT2D eigenvalue weighted by molar-refractivity contribution is -0.139. The van der Waals surface area contributed by atoms with Crippen molar-refractivity contribution in [2.24, 2.45) is 0 Å². The van der Waals surface area contributed by atoms with Crippen molar-refractivity contribution >= 4 is 11.8 Å². The monoisotopic (exact) mass is 346 g/mol. The minimum Gasteiger partial charge on any atom is -0.496 e. The van der Waals surface area contributed by atoms with Crippen LogP contribution in [0.3, 0.4) is 0 Å². The first-order valence-electron chi connectivity index (χ1n) is 9.16. The van der Waals surface area contributed by atoms with Crippen LogP contribution in [0.2, 0.25) is 0 Å². The quantitative estimate of drug-likeness (QED) is 0.796. The number of ether oxygens (including phenoxy) is 1. The molecule has 0 bridgehead atoms. The summed E-state index contributed by atoms with van der Waals surface area (Å²) in [5.41, 5.74) is 3.12. The van der Waals surface area contributed by atoms with Crippen molar-refractivity contribution in [3.63, 3.8) is 0 Å². The van der Waals surface area contributed by atoms with Gasteiger partial charge in [0.05, 0.1) is 13.5 Å². The largest absolute Gasteiger partial charge is 0.496 e. The Labute approximate surface area is 150 Å². The number of benzene rings is 1. The van der Waals surface area contributed by atoms with Crippen LogP contribution < -0.4 is 4.74 Å². The second kappa shape index (κ2) is 8.88. The number of carbonyl (C=O) groups is 2. The molecule has 1 fully saturated rings. The molecule has 1 aromatic carbocycles. The fourth-order valence-corrected chi connectivity index (χ4v) is 3.43. The molecule has 1 aromatic rings. The van der Waals surface area contributed by atoms with Gasteiger partial charge in [-0.25, -0.2) is 0 Å². The van der Waals surface area contributed by atoms with E-state index in [9.17, 15) is 9.59 Å². The third-order valence-electron chi connectivity index (χ3n) is 4.77. The molecule has 0 unspecified atom stereocenters. The summed E-state index contributed by atoms with van der Waals surface area (Å²) < 4.78 is 5.48. The maximum absolute atomic E-state index is 12.7. The van der Waals surface area contributed by atoms with E-state index in [0.29, 0.717) is 39.0 Å². The van der Waals surface area contributed by atoms with E-state index in [1.54, 1.807) is 7.11 Å². The zero-order valence-electron chi connectivity index (χ0n) is 15.9. The molecule has 0 spiro atoms. The number of hydrogen-bond acceptors (Lipinski definition) is 3. The van der Waals surface area contributed by atoms with Crippen LogP contribution in [0, 0.1) is 13.8 Å². The molecule has 2 rings (SSSR count). The predicted octanol–water partition coefficient (Wildman–Crippen LogP) is 2.72. The lowest BCUT2D eigenvalue weighted by Crippen LogP contribution is -2.51. The maximum atomic E-state index is 12.7. The van der Waals surface area contributed by atoms with Crippen molar-refractivity contribution in [2.45, 2.75) is 46.5 Å². The van der Waals surface area contributed by atoms with Crippen LogP contribution in [0.15, 0.2) is 12.1 Å². The van der Waals surface area contributed by atoms with E-state index >= 15 is 0 Å². The average molecular weight is 346 g/mol. The highest BCUT2D eigenvalue weighted by Crippen LogP contribution is 2.26. The fraction of sp³-hybridized carbons (Fsp3) is 0.600. The van der Waals surface area contributed by atoms with Crippen LogP contribution in [0.5, 0.6) is 5.75 Å². The number of aryl methyl sites for hydroxylation is 2. The molecule has 5 nitrogen and oxygen atoms in total. The van der Waals surface area contributed by atoms with Gasteiger partial charge in [0.15, 0.2) is 0 Å². The standard InChI is InChI=1S/C20H30N2O3/c1-5-6-7-18(23)21-8-10-22(11-9-21)19(24)14-17-13-15(2)12-16(3)20(17)25-4/h12-13H,5-11,14H2,1-4H3. The third kappa shape index (κ3) is 4.97. The molecule has 1 saturated heterocycles. The van der Waals surface area contributed by atoms with Crippen molar-refractivity contribution in [1.29, 1.82) is 0 Å². The van der Waals surface area contributed by atoms with Crippen molar-refractivity contribution in [2.75, 3.05) is 33.3 Å². The summed E-state index contributed by atoms with van der Waals surface area (Å²) >= 11 is 0. The fourth-order valence-electron chi connectivity index (χ4n) is 3.43. The molecule has 5 heteroatoms. The molecule has 0 N–H and O–H groups in total. The van der Waals surface area contributed by atoms with Gasteiger partial charge in [-0.2, -0.15) is 0 Å². The van der Waals surface area contributed by atoms with Crippen molar-refractivity contribution < 1.29 is 14.3 Å². The lowest BCUT2D eigenvalue weighted by atomic mass is 10.0. The minimum absolute atomic E-state index is 0.101. The number of unbranched alkanes of at least 4 members (excludes halogenated alkanes) is 1. The summed E-state index contributed by atoms with van der Waals surface area (Å²) in [6.45, 7) is 8.62. The third-order valence-corrected chi connectivity index (χ3v) is 4.77. The van der Waals surface area contributed by atoms with E-state index in [0.717, 1.165) is 35.3 Å². The first-order valence-corrected chi connectivity index (χ1v) is 9.16. The maximum Gasteiger partial charge on any atom is 0.227 e. The van der Waals surface area contributed by atoms with Crippen LogP contribution in [-0.2, 0) is 16.0 Å². The molecule has 0 aliphatic carbocycles. The van der Waals surface area contributed by atoms with E-state index in [1.165, 1.54) is 0 Å². The van der Waals surface area contributed by atoms with Crippen LogP contribution in [0.4, 0.5) is 0 Å². The van der Waals surface area contributed by atoms with Crippen molar-refractivity contribution in [3.05, 3.63) is 28.8 Å². The summed E-state index contributed by atoms with van der Waals surface area (Å²) in [7, 11) is 1.65. The smallest absolute Gasteiger partial charge is 0.227 e. The van der Waals surface area contributed by atoms with E-state index in [4.69, 9.17) is 4.74 Å². The molecule has 25 heavy (non-hydrogen) atoms. The Hall–Kier alpha value is -2.04. The average Bonchev–Trinajstić information content (AvgIpc) is 2.59. The Bertz CT molecular complexity index is 620. The van der Waals surface area contributed by atoms with E-state index < -0.39 is 0 Å². The van der Waals surface area contributed by atoms with Crippen molar-refractivity contribution in [3.8, 4) is 5.75 Å². The Morgan fingerprint density at radius 3 is 2.20 bits per heavy atom. The Balaban J connectivity index is 1.94. The lowest BCUT2D eigenvalue weighted by Gasteiger charge is -2.35. The molecule has 1 aliphatic rings. The van der Waals surface area contributed by atoms with Gasteiger partial charge in [0.1, 0.15) is 5.75 Å². The highest BCUT2D eigenvalue weighted by molar-refractivity contribution is 5.81. The summed E-state index contributed by atoms with van der Waals surface area (Å²) in [6.07, 6.45) is 2.92. The summed E-state index contributed by atoms with van der Waals surface area (Å²) in [4.78, 5) is 28.5. The number of hydrogen-bond donors (Lipinski definition) is 0.